The van der Waals surface area contributed by atoms with Gasteiger partial charge >= 0.3 is 0 Å². The molecular weight excluding hydrogens is 252 g/mol. The molecule has 2 rings (SSSR count). The van der Waals surface area contributed by atoms with Gasteiger partial charge in [-0.2, -0.15) is 4.98 Å². The van der Waals surface area contributed by atoms with Crippen molar-refractivity contribution in [3.63, 3.8) is 0 Å². The van der Waals surface area contributed by atoms with Crippen LogP contribution in [0.4, 0.5) is 5.82 Å². The van der Waals surface area contributed by atoms with Crippen molar-refractivity contribution in [3.05, 3.63) is 11.9 Å². The second kappa shape index (κ2) is 7.43. The minimum absolute atomic E-state index is 0.372. The first kappa shape index (κ1) is 15.0. The molecule has 1 saturated heterocycles. The summed E-state index contributed by atoms with van der Waals surface area (Å²) in [6.45, 7) is 10.2. The van der Waals surface area contributed by atoms with Crippen LogP contribution in [-0.4, -0.2) is 47.2 Å². The Morgan fingerprint density at radius 1 is 1.30 bits per heavy atom. The Bertz CT molecular complexity index is 418. The van der Waals surface area contributed by atoms with Crippen molar-refractivity contribution in [2.75, 3.05) is 31.6 Å². The second-order valence-electron chi connectivity index (χ2n) is 5.48. The third-order valence-electron chi connectivity index (χ3n) is 3.48. The topological polar surface area (TPSA) is 50.3 Å². The number of likely N-dealkylation sites (tertiary alicyclic amines) is 1. The maximum absolute atomic E-state index is 5.46. The van der Waals surface area contributed by atoms with Crippen LogP contribution in [-0.2, 0) is 0 Å². The van der Waals surface area contributed by atoms with E-state index in [2.05, 4.69) is 27.1 Å². The van der Waals surface area contributed by atoms with Crippen molar-refractivity contribution in [2.45, 2.75) is 46.1 Å². The fourth-order valence-electron chi connectivity index (χ4n) is 2.66. The molecule has 0 aromatic carbocycles. The normalized spacial score (nSPS) is 17.8. The number of anilines is 1. The molecule has 0 spiro atoms. The molecule has 0 amide bonds. The number of aryl methyl sites for hydroxylation is 1. The number of ether oxygens (including phenoxy) is 1. The van der Waals surface area contributed by atoms with E-state index >= 15 is 0 Å². The molecule has 1 N–H and O–H groups in total. The van der Waals surface area contributed by atoms with Crippen LogP contribution in [0.15, 0.2) is 6.07 Å². The monoisotopic (exact) mass is 278 g/mol. The van der Waals surface area contributed by atoms with Gasteiger partial charge < -0.3 is 15.0 Å². The van der Waals surface area contributed by atoms with Gasteiger partial charge in [-0.05, 0) is 46.7 Å². The van der Waals surface area contributed by atoms with Gasteiger partial charge in [-0.3, -0.25) is 0 Å². The average molecular weight is 278 g/mol. The van der Waals surface area contributed by atoms with Crippen molar-refractivity contribution in [2.24, 2.45) is 0 Å². The zero-order chi connectivity index (χ0) is 14.4. The lowest BCUT2D eigenvalue weighted by atomic mass is 10.1. The number of aromatic nitrogens is 2. The SMILES string of the molecule is CCOc1cc(NC(C)CN2CCCCC2)nc(C)n1. The molecule has 1 aromatic rings. The summed E-state index contributed by atoms with van der Waals surface area (Å²) >= 11 is 0. The van der Waals surface area contributed by atoms with Gasteiger partial charge in [0.15, 0.2) is 0 Å². The Balaban J connectivity index is 1.90. The molecule has 2 heterocycles. The van der Waals surface area contributed by atoms with Crippen LogP contribution in [0.3, 0.4) is 0 Å². The third kappa shape index (κ3) is 4.63. The van der Waals surface area contributed by atoms with E-state index in [4.69, 9.17) is 4.74 Å². The number of nitrogens with one attached hydrogen (secondary N) is 1. The summed E-state index contributed by atoms with van der Waals surface area (Å²) < 4.78 is 5.46. The first-order chi connectivity index (χ1) is 9.67. The molecule has 112 valence electrons. The summed E-state index contributed by atoms with van der Waals surface area (Å²) in [6.07, 6.45) is 4.03. The summed E-state index contributed by atoms with van der Waals surface area (Å²) in [4.78, 5) is 11.2. The number of piperidine rings is 1. The predicted octanol–water partition coefficient (Wildman–Crippen LogP) is 2.47. The van der Waals surface area contributed by atoms with Crippen LogP contribution in [0.25, 0.3) is 0 Å². The highest BCUT2D eigenvalue weighted by atomic mass is 16.5. The van der Waals surface area contributed by atoms with Crippen molar-refractivity contribution in [1.29, 1.82) is 0 Å². The molecule has 1 atom stereocenters. The molecule has 1 unspecified atom stereocenters. The van der Waals surface area contributed by atoms with Gasteiger partial charge in [0.25, 0.3) is 0 Å². The number of rotatable bonds is 6. The van der Waals surface area contributed by atoms with Gasteiger partial charge in [-0.1, -0.05) is 6.42 Å². The fraction of sp³-hybridized carbons (Fsp3) is 0.733. The quantitative estimate of drug-likeness (QED) is 0.866. The fourth-order valence-corrected chi connectivity index (χ4v) is 2.66. The zero-order valence-corrected chi connectivity index (χ0v) is 12.9. The Morgan fingerprint density at radius 3 is 2.75 bits per heavy atom. The summed E-state index contributed by atoms with van der Waals surface area (Å²) in [7, 11) is 0. The maximum atomic E-state index is 5.46. The molecule has 0 saturated carbocycles. The summed E-state index contributed by atoms with van der Waals surface area (Å²) in [5.41, 5.74) is 0. The van der Waals surface area contributed by atoms with Gasteiger partial charge in [-0.15, -0.1) is 0 Å². The first-order valence-corrected chi connectivity index (χ1v) is 7.64. The molecule has 0 aliphatic carbocycles. The lowest BCUT2D eigenvalue weighted by molar-refractivity contribution is 0.223. The van der Waals surface area contributed by atoms with E-state index in [1.165, 1.54) is 32.4 Å². The predicted molar refractivity (Wildman–Crippen MR) is 81.3 cm³/mol. The summed E-state index contributed by atoms with van der Waals surface area (Å²) in [6, 6.07) is 2.25. The van der Waals surface area contributed by atoms with Crippen LogP contribution in [0, 0.1) is 6.92 Å². The Hall–Kier alpha value is -1.36. The molecule has 0 radical (unpaired) electrons. The first-order valence-electron chi connectivity index (χ1n) is 7.64. The van der Waals surface area contributed by atoms with Gasteiger partial charge in [0.1, 0.15) is 11.6 Å². The standard InChI is InChI=1S/C15H26N4O/c1-4-20-15-10-14(17-13(3)18-15)16-12(2)11-19-8-6-5-7-9-19/h10,12H,4-9,11H2,1-3H3,(H,16,17,18). The van der Waals surface area contributed by atoms with E-state index in [1.54, 1.807) is 0 Å². The lowest BCUT2D eigenvalue weighted by Crippen LogP contribution is -2.38. The van der Waals surface area contributed by atoms with Gasteiger partial charge in [0, 0.05) is 18.7 Å². The molecule has 1 aliphatic rings. The van der Waals surface area contributed by atoms with Gasteiger partial charge in [0.2, 0.25) is 5.88 Å². The van der Waals surface area contributed by atoms with Gasteiger partial charge in [-0.25, -0.2) is 4.98 Å². The second-order valence-corrected chi connectivity index (χ2v) is 5.48. The van der Waals surface area contributed by atoms with Crippen LogP contribution in [0.1, 0.15) is 38.9 Å². The minimum atomic E-state index is 0.372. The molecule has 5 nitrogen and oxygen atoms in total. The van der Waals surface area contributed by atoms with E-state index < -0.39 is 0 Å². The number of hydrogen-bond donors (Lipinski definition) is 1. The Kier molecular flexibility index (Phi) is 5.59. The van der Waals surface area contributed by atoms with Crippen molar-refractivity contribution in [1.82, 2.24) is 14.9 Å². The molecule has 5 heteroatoms. The van der Waals surface area contributed by atoms with E-state index in [0.717, 1.165) is 18.2 Å². The molecule has 0 bridgehead atoms. The molecule has 20 heavy (non-hydrogen) atoms. The maximum Gasteiger partial charge on any atom is 0.218 e. The molecular formula is C15H26N4O. The minimum Gasteiger partial charge on any atom is -0.478 e. The third-order valence-corrected chi connectivity index (χ3v) is 3.48. The van der Waals surface area contributed by atoms with Crippen LogP contribution < -0.4 is 10.1 Å². The summed E-state index contributed by atoms with van der Waals surface area (Å²) in [5, 5.41) is 3.46. The van der Waals surface area contributed by atoms with Crippen LogP contribution in [0.2, 0.25) is 0 Å². The number of hydrogen-bond acceptors (Lipinski definition) is 5. The smallest absolute Gasteiger partial charge is 0.218 e. The van der Waals surface area contributed by atoms with E-state index in [9.17, 15) is 0 Å². The molecule has 1 aromatic heterocycles. The van der Waals surface area contributed by atoms with Crippen LogP contribution >= 0.6 is 0 Å². The van der Waals surface area contributed by atoms with E-state index in [0.29, 0.717) is 18.5 Å². The Labute approximate surface area is 121 Å². The number of nitrogens with zero attached hydrogens (tertiary/aromatic N) is 3. The van der Waals surface area contributed by atoms with Crippen molar-refractivity contribution < 1.29 is 4.74 Å². The largest absolute Gasteiger partial charge is 0.478 e. The Morgan fingerprint density at radius 2 is 2.05 bits per heavy atom. The highest BCUT2D eigenvalue weighted by Gasteiger charge is 2.14. The summed E-state index contributed by atoms with van der Waals surface area (Å²) in [5.74, 6) is 2.24. The van der Waals surface area contributed by atoms with Crippen molar-refractivity contribution >= 4 is 5.82 Å². The van der Waals surface area contributed by atoms with Crippen molar-refractivity contribution in [3.8, 4) is 5.88 Å². The van der Waals surface area contributed by atoms with E-state index in [1.807, 2.05) is 19.9 Å². The average Bonchev–Trinajstić information content (AvgIpc) is 2.39. The molecule has 1 fully saturated rings. The highest BCUT2D eigenvalue weighted by molar-refractivity contribution is 5.39. The lowest BCUT2D eigenvalue weighted by Gasteiger charge is -2.29. The van der Waals surface area contributed by atoms with Crippen LogP contribution in [0.5, 0.6) is 5.88 Å². The van der Waals surface area contributed by atoms with Gasteiger partial charge in [0.05, 0.1) is 6.61 Å². The zero-order valence-electron chi connectivity index (χ0n) is 12.9. The molecule has 1 aliphatic heterocycles. The highest BCUT2D eigenvalue weighted by Crippen LogP contribution is 2.15. The van der Waals surface area contributed by atoms with E-state index in [-0.39, 0.29) is 0 Å².